The van der Waals surface area contributed by atoms with Gasteiger partial charge in [0.25, 0.3) is 0 Å². The van der Waals surface area contributed by atoms with Crippen molar-refractivity contribution in [1.29, 1.82) is 0 Å². The van der Waals surface area contributed by atoms with Crippen molar-refractivity contribution < 1.29 is 0 Å². The molecule has 0 amide bonds. The molecule has 2 fully saturated rings. The van der Waals surface area contributed by atoms with Gasteiger partial charge in [0.15, 0.2) is 0 Å². The van der Waals surface area contributed by atoms with E-state index in [9.17, 15) is 0 Å². The van der Waals surface area contributed by atoms with E-state index in [0.717, 1.165) is 23.2 Å². The minimum absolute atomic E-state index is 0.814. The Morgan fingerprint density at radius 2 is 2.07 bits per heavy atom. The molecule has 0 heteroatoms. The average Bonchev–Trinajstić information content (AvgIpc) is 2.19. The van der Waals surface area contributed by atoms with Crippen LogP contribution in [0.1, 0.15) is 72.1 Å². The molecule has 0 N–H and O–H groups in total. The summed E-state index contributed by atoms with van der Waals surface area (Å²) in [5.74, 6) is 3.18. The molecule has 15 heavy (non-hydrogen) atoms. The summed E-state index contributed by atoms with van der Waals surface area (Å²) in [6.45, 7) is 7.25. The Kier molecular flexibility index (Phi) is 3.42. The maximum atomic E-state index is 2.52. The Hall–Kier alpha value is 0. The Bertz CT molecular complexity index is 208. The minimum Gasteiger partial charge on any atom is -0.0654 e. The van der Waals surface area contributed by atoms with Crippen molar-refractivity contribution in [2.75, 3.05) is 0 Å². The lowest BCUT2D eigenvalue weighted by Crippen LogP contribution is -2.48. The largest absolute Gasteiger partial charge is 0.0654 e. The van der Waals surface area contributed by atoms with Crippen molar-refractivity contribution >= 4 is 0 Å². The maximum absolute atomic E-state index is 2.52. The van der Waals surface area contributed by atoms with Gasteiger partial charge in [0, 0.05) is 0 Å². The van der Waals surface area contributed by atoms with Crippen LogP contribution < -0.4 is 0 Å². The Morgan fingerprint density at radius 1 is 1.27 bits per heavy atom. The van der Waals surface area contributed by atoms with E-state index in [2.05, 4.69) is 20.8 Å². The van der Waals surface area contributed by atoms with Crippen molar-refractivity contribution in [3.63, 3.8) is 0 Å². The maximum Gasteiger partial charge on any atom is -0.0264 e. The number of hydrogen-bond donors (Lipinski definition) is 0. The number of hydrogen-bond acceptors (Lipinski definition) is 0. The van der Waals surface area contributed by atoms with Gasteiger partial charge in [-0.05, 0) is 55.3 Å². The fourth-order valence-electron chi connectivity index (χ4n) is 4.46. The van der Waals surface area contributed by atoms with E-state index in [1.54, 1.807) is 19.3 Å². The zero-order valence-electron chi connectivity index (χ0n) is 10.9. The smallest absolute Gasteiger partial charge is 0.0264 e. The zero-order valence-corrected chi connectivity index (χ0v) is 10.9. The van der Waals surface area contributed by atoms with Crippen LogP contribution in [-0.4, -0.2) is 0 Å². The topological polar surface area (TPSA) is 0 Å². The van der Waals surface area contributed by atoms with E-state index in [-0.39, 0.29) is 0 Å². The summed E-state index contributed by atoms with van der Waals surface area (Å²) in [4.78, 5) is 0. The van der Waals surface area contributed by atoms with Gasteiger partial charge in [-0.15, -0.1) is 0 Å². The second kappa shape index (κ2) is 4.47. The molecule has 0 saturated heterocycles. The summed E-state index contributed by atoms with van der Waals surface area (Å²) in [5.41, 5.74) is 0.814. The van der Waals surface area contributed by atoms with Gasteiger partial charge in [0.05, 0.1) is 0 Å². The van der Waals surface area contributed by atoms with E-state index in [0.29, 0.717) is 0 Å². The van der Waals surface area contributed by atoms with Gasteiger partial charge in [0.1, 0.15) is 0 Å². The quantitative estimate of drug-likeness (QED) is 0.608. The molecule has 2 aliphatic carbocycles. The van der Waals surface area contributed by atoms with E-state index in [4.69, 9.17) is 0 Å². The van der Waals surface area contributed by atoms with Crippen LogP contribution in [-0.2, 0) is 0 Å². The predicted octanol–water partition coefficient (Wildman–Crippen LogP) is 5.03. The van der Waals surface area contributed by atoms with Crippen LogP contribution in [0.3, 0.4) is 0 Å². The molecule has 0 bridgehead atoms. The van der Waals surface area contributed by atoms with Crippen LogP contribution in [0.15, 0.2) is 0 Å². The lowest BCUT2D eigenvalue weighted by atomic mass is 9.47. The summed E-state index contributed by atoms with van der Waals surface area (Å²) in [6, 6.07) is 0. The average molecular weight is 208 g/mol. The zero-order chi connectivity index (χ0) is 10.9. The summed E-state index contributed by atoms with van der Waals surface area (Å²) in [7, 11) is 0. The van der Waals surface area contributed by atoms with Crippen molar-refractivity contribution in [2.24, 2.45) is 23.2 Å². The lowest BCUT2D eigenvalue weighted by Gasteiger charge is -2.58. The molecule has 4 atom stereocenters. The summed E-state index contributed by atoms with van der Waals surface area (Å²) < 4.78 is 0. The van der Waals surface area contributed by atoms with E-state index in [1.807, 2.05) is 0 Å². The molecule has 0 aliphatic heterocycles. The van der Waals surface area contributed by atoms with Crippen molar-refractivity contribution in [3.05, 3.63) is 0 Å². The summed E-state index contributed by atoms with van der Waals surface area (Å²) in [5, 5.41) is 0. The second-order valence-electron chi connectivity index (χ2n) is 6.30. The Balaban J connectivity index is 2.01. The van der Waals surface area contributed by atoms with Gasteiger partial charge in [0.2, 0.25) is 0 Å². The molecule has 4 unspecified atom stereocenters. The van der Waals surface area contributed by atoms with Gasteiger partial charge in [-0.3, -0.25) is 0 Å². The molecular formula is C15H28. The first-order valence-corrected chi connectivity index (χ1v) is 7.22. The van der Waals surface area contributed by atoms with Crippen molar-refractivity contribution in [1.82, 2.24) is 0 Å². The van der Waals surface area contributed by atoms with E-state index in [1.165, 1.54) is 32.1 Å². The molecule has 0 aromatic carbocycles. The fraction of sp³-hybridized carbons (Fsp3) is 1.00. The highest BCUT2D eigenvalue weighted by atomic mass is 14.6. The fourth-order valence-corrected chi connectivity index (χ4v) is 4.46. The first-order valence-electron chi connectivity index (χ1n) is 7.22. The van der Waals surface area contributed by atoms with Gasteiger partial charge in [-0.25, -0.2) is 0 Å². The van der Waals surface area contributed by atoms with Crippen LogP contribution in [0.2, 0.25) is 0 Å². The van der Waals surface area contributed by atoms with E-state index >= 15 is 0 Å². The predicted molar refractivity (Wildman–Crippen MR) is 66.9 cm³/mol. The van der Waals surface area contributed by atoms with Crippen LogP contribution >= 0.6 is 0 Å². The second-order valence-corrected chi connectivity index (χ2v) is 6.30. The van der Waals surface area contributed by atoms with Crippen LogP contribution in [0.25, 0.3) is 0 Å². The summed E-state index contributed by atoms with van der Waals surface area (Å²) >= 11 is 0. The van der Waals surface area contributed by atoms with Gasteiger partial charge in [-0.1, -0.05) is 40.0 Å². The molecular weight excluding hydrogens is 180 g/mol. The number of unbranched alkanes of at least 4 members (excludes halogenated alkanes) is 1. The standard InChI is InChI=1S/C15H28/c1-4-6-8-15-9-7-14(15)12(3)10-13(5-2)11-15/h12-14H,4-11H2,1-3H3. The first-order chi connectivity index (χ1) is 7.22. The highest BCUT2D eigenvalue weighted by Gasteiger charge is 2.51. The van der Waals surface area contributed by atoms with Crippen LogP contribution in [0.4, 0.5) is 0 Å². The SMILES string of the molecule is CCCCC12CCC1C(C)CC(CC)C2. The third-order valence-electron chi connectivity index (χ3n) is 5.43. The molecule has 0 spiro atoms. The third-order valence-corrected chi connectivity index (χ3v) is 5.43. The van der Waals surface area contributed by atoms with Crippen molar-refractivity contribution in [3.8, 4) is 0 Å². The molecule has 0 aromatic rings. The lowest BCUT2D eigenvalue weighted by molar-refractivity contribution is -0.0808. The highest BCUT2D eigenvalue weighted by Crippen LogP contribution is 2.61. The Morgan fingerprint density at radius 3 is 2.60 bits per heavy atom. The molecule has 2 aliphatic rings. The van der Waals surface area contributed by atoms with E-state index < -0.39 is 0 Å². The van der Waals surface area contributed by atoms with Crippen molar-refractivity contribution in [2.45, 2.75) is 72.1 Å². The normalized spacial score (nSPS) is 44.6. The molecule has 0 nitrogen and oxygen atoms in total. The van der Waals surface area contributed by atoms with Crippen LogP contribution in [0, 0.1) is 23.2 Å². The van der Waals surface area contributed by atoms with Gasteiger partial charge < -0.3 is 0 Å². The molecule has 2 rings (SSSR count). The molecule has 88 valence electrons. The molecule has 0 aromatic heterocycles. The Labute approximate surface area is 95.8 Å². The highest BCUT2D eigenvalue weighted by molar-refractivity contribution is 5.01. The molecule has 0 radical (unpaired) electrons. The molecule has 2 saturated carbocycles. The number of fused-ring (bicyclic) bond motifs is 1. The first kappa shape index (κ1) is 11.5. The molecule has 0 heterocycles. The number of rotatable bonds is 4. The monoisotopic (exact) mass is 208 g/mol. The third kappa shape index (κ3) is 1.97. The minimum atomic E-state index is 0.814. The summed E-state index contributed by atoms with van der Waals surface area (Å²) in [6.07, 6.45) is 12.0. The van der Waals surface area contributed by atoms with Crippen LogP contribution in [0.5, 0.6) is 0 Å². The van der Waals surface area contributed by atoms with Gasteiger partial charge in [-0.2, -0.15) is 0 Å². The van der Waals surface area contributed by atoms with Gasteiger partial charge >= 0.3 is 0 Å².